The van der Waals surface area contributed by atoms with E-state index in [2.05, 4.69) is 15.6 Å². The first-order chi connectivity index (χ1) is 12.0. The molecule has 25 heavy (non-hydrogen) atoms. The van der Waals surface area contributed by atoms with E-state index in [0.29, 0.717) is 16.6 Å². The fraction of sp³-hybridized carbons (Fsp3) is 0.0556. The van der Waals surface area contributed by atoms with Crippen LogP contribution in [0.15, 0.2) is 59.0 Å². The van der Waals surface area contributed by atoms with Crippen molar-refractivity contribution in [1.82, 2.24) is 10.3 Å². The second-order valence-electron chi connectivity index (χ2n) is 5.24. The number of nitrogens with zero attached hydrogens (tertiary/aromatic N) is 1. The molecule has 126 valence electrons. The zero-order valence-electron chi connectivity index (χ0n) is 13.2. The molecule has 0 fully saturated rings. The molecule has 3 aromatic rings. The molecule has 0 unspecified atom stereocenters. The number of furan rings is 1. The van der Waals surface area contributed by atoms with Crippen molar-refractivity contribution < 1.29 is 9.21 Å². The molecule has 1 amide bonds. The zero-order chi connectivity index (χ0) is 17.8. The van der Waals surface area contributed by atoms with Crippen LogP contribution in [-0.2, 0) is 0 Å². The third-order valence-electron chi connectivity index (χ3n) is 3.32. The summed E-state index contributed by atoms with van der Waals surface area (Å²) in [7, 11) is 0. The summed E-state index contributed by atoms with van der Waals surface area (Å²) in [5, 5.41) is 6.20. The number of hydrogen-bond acceptors (Lipinski definition) is 4. The SMILES string of the molecule is Cc1cccc(NC(=S)NC(=O)c2ccc(-c3ccc(Cl)cc3)o2)n1. The maximum absolute atomic E-state index is 12.2. The molecule has 0 aliphatic heterocycles. The summed E-state index contributed by atoms with van der Waals surface area (Å²) in [5.41, 5.74) is 1.67. The number of benzene rings is 1. The van der Waals surface area contributed by atoms with Crippen molar-refractivity contribution >= 4 is 40.7 Å². The van der Waals surface area contributed by atoms with Crippen LogP contribution in [0.5, 0.6) is 0 Å². The molecule has 2 heterocycles. The van der Waals surface area contributed by atoms with Crippen molar-refractivity contribution in [3.05, 3.63) is 71.1 Å². The summed E-state index contributed by atoms with van der Waals surface area (Å²) in [6.45, 7) is 1.87. The van der Waals surface area contributed by atoms with Crippen molar-refractivity contribution in [2.75, 3.05) is 5.32 Å². The fourth-order valence-electron chi connectivity index (χ4n) is 2.15. The van der Waals surface area contributed by atoms with Crippen molar-refractivity contribution in [3.63, 3.8) is 0 Å². The molecule has 2 N–H and O–H groups in total. The van der Waals surface area contributed by atoms with Gasteiger partial charge in [0.05, 0.1) is 0 Å². The van der Waals surface area contributed by atoms with Gasteiger partial charge in [-0.3, -0.25) is 10.1 Å². The van der Waals surface area contributed by atoms with Crippen LogP contribution in [0.2, 0.25) is 5.02 Å². The van der Waals surface area contributed by atoms with Crippen LogP contribution in [0.4, 0.5) is 5.82 Å². The Bertz CT molecular complexity index is 922. The minimum absolute atomic E-state index is 0.146. The maximum atomic E-state index is 12.2. The van der Waals surface area contributed by atoms with E-state index >= 15 is 0 Å². The highest BCUT2D eigenvalue weighted by molar-refractivity contribution is 7.80. The predicted molar refractivity (Wildman–Crippen MR) is 102 cm³/mol. The van der Waals surface area contributed by atoms with E-state index in [1.165, 1.54) is 0 Å². The second-order valence-corrected chi connectivity index (χ2v) is 6.09. The molecule has 0 saturated heterocycles. The fourth-order valence-corrected chi connectivity index (χ4v) is 2.48. The lowest BCUT2D eigenvalue weighted by atomic mass is 10.2. The number of pyridine rings is 1. The lowest BCUT2D eigenvalue weighted by Gasteiger charge is -2.08. The summed E-state index contributed by atoms with van der Waals surface area (Å²) in [6.07, 6.45) is 0. The normalized spacial score (nSPS) is 10.3. The number of rotatable bonds is 3. The predicted octanol–water partition coefficient (Wildman–Crippen LogP) is 4.43. The average Bonchev–Trinajstić information content (AvgIpc) is 3.05. The third kappa shape index (κ3) is 4.43. The van der Waals surface area contributed by atoms with Crippen molar-refractivity contribution in [2.45, 2.75) is 6.92 Å². The second kappa shape index (κ2) is 7.46. The summed E-state index contributed by atoms with van der Waals surface area (Å²) in [5.74, 6) is 0.851. The van der Waals surface area contributed by atoms with E-state index < -0.39 is 5.91 Å². The molecule has 0 aliphatic carbocycles. The molecule has 3 rings (SSSR count). The van der Waals surface area contributed by atoms with Gasteiger partial charge in [0.2, 0.25) is 0 Å². The minimum atomic E-state index is -0.439. The molecule has 0 bridgehead atoms. The topological polar surface area (TPSA) is 67.2 Å². The number of carbonyl (C=O) groups excluding carboxylic acids is 1. The van der Waals surface area contributed by atoms with E-state index in [9.17, 15) is 4.79 Å². The molecule has 1 aromatic carbocycles. The Labute approximate surface area is 155 Å². The molecule has 0 aliphatic rings. The molecule has 0 radical (unpaired) electrons. The van der Waals surface area contributed by atoms with Gasteiger partial charge in [-0.1, -0.05) is 17.7 Å². The van der Waals surface area contributed by atoms with Crippen molar-refractivity contribution in [2.24, 2.45) is 0 Å². The van der Waals surface area contributed by atoms with Crippen LogP contribution in [0, 0.1) is 6.92 Å². The number of carbonyl (C=O) groups is 1. The molecule has 0 saturated carbocycles. The van der Waals surface area contributed by atoms with E-state index in [4.69, 9.17) is 28.2 Å². The van der Waals surface area contributed by atoms with Crippen LogP contribution in [0.25, 0.3) is 11.3 Å². The summed E-state index contributed by atoms with van der Waals surface area (Å²) < 4.78 is 5.58. The quantitative estimate of drug-likeness (QED) is 0.666. The van der Waals surface area contributed by atoms with Gasteiger partial charge in [0.1, 0.15) is 11.6 Å². The minimum Gasteiger partial charge on any atom is -0.451 e. The van der Waals surface area contributed by atoms with Gasteiger partial charge >= 0.3 is 0 Å². The molecule has 7 heteroatoms. The monoisotopic (exact) mass is 371 g/mol. The Morgan fingerprint density at radius 2 is 1.88 bits per heavy atom. The smallest absolute Gasteiger partial charge is 0.293 e. The number of halogens is 1. The standard InChI is InChI=1S/C18H14ClN3O2S/c1-11-3-2-4-16(20-11)21-18(25)22-17(23)15-10-9-14(24-15)12-5-7-13(19)8-6-12/h2-10H,1H3,(H2,20,21,22,23,25). The highest BCUT2D eigenvalue weighted by Gasteiger charge is 2.14. The van der Waals surface area contributed by atoms with E-state index in [1.54, 1.807) is 30.3 Å². The number of thiocarbonyl (C=S) groups is 1. The van der Waals surface area contributed by atoms with Gasteiger partial charge in [0.25, 0.3) is 5.91 Å². The Kier molecular flexibility index (Phi) is 5.11. The van der Waals surface area contributed by atoms with Crippen LogP contribution >= 0.6 is 23.8 Å². The Hall–Kier alpha value is -2.70. The van der Waals surface area contributed by atoms with E-state index in [1.807, 2.05) is 31.2 Å². The van der Waals surface area contributed by atoms with Gasteiger partial charge in [-0.15, -0.1) is 0 Å². The van der Waals surface area contributed by atoms with Crippen LogP contribution in [0.3, 0.4) is 0 Å². The van der Waals surface area contributed by atoms with Crippen molar-refractivity contribution in [3.8, 4) is 11.3 Å². The number of nitrogens with one attached hydrogen (secondary N) is 2. The van der Waals surface area contributed by atoms with Crippen molar-refractivity contribution in [1.29, 1.82) is 0 Å². The Morgan fingerprint density at radius 1 is 1.12 bits per heavy atom. The summed E-state index contributed by atoms with van der Waals surface area (Å²) >= 11 is 11.0. The molecule has 5 nitrogen and oxygen atoms in total. The third-order valence-corrected chi connectivity index (χ3v) is 3.77. The first-order valence-corrected chi connectivity index (χ1v) is 8.21. The van der Waals surface area contributed by atoms with Gasteiger partial charge in [0, 0.05) is 16.3 Å². The Morgan fingerprint density at radius 3 is 2.60 bits per heavy atom. The van der Waals surface area contributed by atoms with Gasteiger partial charge in [-0.25, -0.2) is 4.98 Å². The average molecular weight is 372 g/mol. The molecule has 0 spiro atoms. The number of amides is 1. The number of aryl methyl sites for hydroxylation is 1. The lowest BCUT2D eigenvalue weighted by Crippen LogP contribution is -2.34. The lowest BCUT2D eigenvalue weighted by molar-refractivity contribution is 0.0951. The van der Waals surface area contributed by atoms with Gasteiger partial charge in [-0.05, 0) is 67.7 Å². The van der Waals surface area contributed by atoms with Gasteiger partial charge in [-0.2, -0.15) is 0 Å². The van der Waals surface area contributed by atoms with Crippen LogP contribution < -0.4 is 10.6 Å². The largest absolute Gasteiger partial charge is 0.451 e. The highest BCUT2D eigenvalue weighted by Crippen LogP contribution is 2.23. The number of anilines is 1. The summed E-state index contributed by atoms with van der Waals surface area (Å²) in [6, 6.07) is 15.9. The molecular weight excluding hydrogens is 358 g/mol. The highest BCUT2D eigenvalue weighted by atomic mass is 35.5. The van der Waals surface area contributed by atoms with Gasteiger partial charge in [0.15, 0.2) is 10.9 Å². The first kappa shape index (κ1) is 17.1. The zero-order valence-corrected chi connectivity index (χ0v) is 14.8. The molecule has 0 atom stereocenters. The molecular formula is C18H14ClN3O2S. The van der Waals surface area contributed by atoms with Crippen LogP contribution in [0.1, 0.15) is 16.2 Å². The number of hydrogen-bond donors (Lipinski definition) is 2. The first-order valence-electron chi connectivity index (χ1n) is 7.43. The van der Waals surface area contributed by atoms with Crippen LogP contribution in [-0.4, -0.2) is 16.0 Å². The van der Waals surface area contributed by atoms with E-state index in [-0.39, 0.29) is 10.9 Å². The molecule has 2 aromatic heterocycles. The van der Waals surface area contributed by atoms with E-state index in [0.717, 1.165) is 11.3 Å². The number of aromatic nitrogens is 1. The summed E-state index contributed by atoms with van der Waals surface area (Å²) in [4.78, 5) is 16.5. The maximum Gasteiger partial charge on any atom is 0.293 e. The Balaban J connectivity index is 1.65. The van der Waals surface area contributed by atoms with Gasteiger partial charge < -0.3 is 9.73 Å².